The molecule has 2 aromatic carbocycles. The van der Waals surface area contributed by atoms with Crippen LogP contribution in [0.2, 0.25) is 0 Å². The van der Waals surface area contributed by atoms with E-state index in [0.29, 0.717) is 5.56 Å². The quantitative estimate of drug-likeness (QED) is 0.697. The third-order valence-corrected chi connectivity index (χ3v) is 3.43. The molecule has 92 valence electrons. The summed E-state index contributed by atoms with van der Waals surface area (Å²) in [5.74, 6) is -1.19. The van der Waals surface area contributed by atoms with Crippen LogP contribution < -0.4 is 0 Å². The number of benzene rings is 2. The number of fused-ring (bicyclic) bond motifs is 1. The Morgan fingerprint density at radius 3 is 2.50 bits per heavy atom. The summed E-state index contributed by atoms with van der Waals surface area (Å²) in [6, 6.07) is 13.0. The fraction of sp³-hybridized carbons (Fsp3) is 0.143. The van der Waals surface area contributed by atoms with Crippen LogP contribution in [0.3, 0.4) is 0 Å². The van der Waals surface area contributed by atoms with Crippen molar-refractivity contribution >= 4 is 38.5 Å². The van der Waals surface area contributed by atoms with E-state index in [1.54, 1.807) is 12.1 Å². The molecule has 0 aliphatic carbocycles. The maximum absolute atomic E-state index is 12.2. The van der Waals surface area contributed by atoms with E-state index < -0.39 is 10.8 Å². The van der Waals surface area contributed by atoms with Crippen molar-refractivity contribution in [1.29, 1.82) is 0 Å². The van der Waals surface area contributed by atoms with Gasteiger partial charge in [-0.15, -0.1) is 0 Å². The topological polar surface area (TPSA) is 54.4 Å². The van der Waals surface area contributed by atoms with Crippen LogP contribution in [0.5, 0.6) is 0 Å². The highest BCUT2D eigenvalue weighted by molar-refractivity contribution is 9.10. The van der Waals surface area contributed by atoms with Gasteiger partial charge in [0.05, 0.1) is 11.2 Å². The Bertz CT molecular complexity index is 602. The fourth-order valence-electron chi connectivity index (χ4n) is 1.86. The van der Waals surface area contributed by atoms with Crippen molar-refractivity contribution in [3.63, 3.8) is 0 Å². The first kappa shape index (κ1) is 12.8. The maximum Gasteiger partial charge on any atom is 0.304 e. The Hall–Kier alpha value is -1.68. The molecule has 18 heavy (non-hydrogen) atoms. The minimum Gasteiger partial charge on any atom is -0.481 e. The van der Waals surface area contributed by atoms with Gasteiger partial charge in [0.15, 0.2) is 5.78 Å². The van der Waals surface area contributed by atoms with Crippen LogP contribution in [0.25, 0.3) is 10.8 Å². The van der Waals surface area contributed by atoms with Gasteiger partial charge in [-0.25, -0.2) is 0 Å². The first-order valence-corrected chi connectivity index (χ1v) is 6.39. The van der Waals surface area contributed by atoms with Crippen LogP contribution in [-0.4, -0.2) is 21.7 Å². The highest BCUT2D eigenvalue weighted by Crippen LogP contribution is 2.22. The van der Waals surface area contributed by atoms with Crippen molar-refractivity contribution in [3.05, 3.63) is 48.0 Å². The summed E-state index contributed by atoms with van der Waals surface area (Å²) in [4.78, 5) is 22.1. The predicted molar refractivity (Wildman–Crippen MR) is 73.2 cm³/mol. The molecule has 0 bridgehead atoms. The molecule has 0 saturated carbocycles. The van der Waals surface area contributed by atoms with Crippen LogP contribution in [0, 0.1) is 0 Å². The molecule has 4 heteroatoms. The molecule has 2 rings (SSSR count). The lowest BCUT2D eigenvalue weighted by molar-refractivity contribution is -0.136. The van der Waals surface area contributed by atoms with Gasteiger partial charge in [-0.1, -0.05) is 58.4 Å². The summed E-state index contributed by atoms with van der Waals surface area (Å²) in [5.41, 5.74) is 0.552. The van der Waals surface area contributed by atoms with Crippen molar-refractivity contribution in [2.24, 2.45) is 0 Å². The molecule has 2 aromatic rings. The number of alkyl halides is 1. The van der Waals surface area contributed by atoms with Crippen LogP contribution in [-0.2, 0) is 4.79 Å². The molecule has 0 spiro atoms. The number of carboxylic acid groups (broad SMARTS) is 1. The third kappa shape index (κ3) is 2.59. The molecular weight excluding hydrogens is 296 g/mol. The van der Waals surface area contributed by atoms with E-state index in [2.05, 4.69) is 15.9 Å². The standard InChI is InChI=1S/C14H11BrO3/c15-12(8-13(16)17)14(18)11-7-3-5-9-4-1-2-6-10(9)11/h1-7,12H,8H2,(H,16,17). The molecule has 0 saturated heterocycles. The summed E-state index contributed by atoms with van der Waals surface area (Å²) in [6.07, 6.45) is -0.220. The molecule has 1 N–H and O–H groups in total. The van der Waals surface area contributed by atoms with Gasteiger partial charge in [0, 0.05) is 5.56 Å². The van der Waals surface area contributed by atoms with Crippen LogP contribution in [0.15, 0.2) is 42.5 Å². The van der Waals surface area contributed by atoms with E-state index in [4.69, 9.17) is 5.11 Å². The number of rotatable bonds is 4. The lowest BCUT2D eigenvalue weighted by atomic mass is 9.99. The van der Waals surface area contributed by atoms with Gasteiger partial charge in [-0.2, -0.15) is 0 Å². The Balaban J connectivity index is 2.42. The number of hydrogen-bond acceptors (Lipinski definition) is 2. The summed E-state index contributed by atoms with van der Waals surface area (Å²) < 4.78 is 0. The van der Waals surface area contributed by atoms with E-state index in [0.717, 1.165) is 10.8 Å². The number of hydrogen-bond donors (Lipinski definition) is 1. The molecular formula is C14H11BrO3. The average molecular weight is 307 g/mol. The summed E-state index contributed by atoms with van der Waals surface area (Å²) in [6.45, 7) is 0. The number of carbonyl (C=O) groups excluding carboxylic acids is 1. The fourth-order valence-corrected chi connectivity index (χ4v) is 2.38. The molecule has 0 aliphatic rings. The van der Waals surface area contributed by atoms with Crippen molar-refractivity contribution in [1.82, 2.24) is 0 Å². The Morgan fingerprint density at radius 1 is 1.11 bits per heavy atom. The zero-order valence-corrected chi connectivity index (χ0v) is 11.1. The van der Waals surface area contributed by atoms with Crippen LogP contribution in [0.4, 0.5) is 0 Å². The van der Waals surface area contributed by atoms with Crippen molar-refractivity contribution in [2.45, 2.75) is 11.2 Å². The second-order valence-corrected chi connectivity index (χ2v) is 5.06. The van der Waals surface area contributed by atoms with Crippen LogP contribution >= 0.6 is 15.9 Å². The van der Waals surface area contributed by atoms with E-state index in [-0.39, 0.29) is 12.2 Å². The maximum atomic E-state index is 12.2. The Morgan fingerprint density at radius 2 is 1.78 bits per heavy atom. The van der Waals surface area contributed by atoms with Gasteiger partial charge in [-0.3, -0.25) is 9.59 Å². The monoisotopic (exact) mass is 306 g/mol. The van der Waals surface area contributed by atoms with Gasteiger partial charge < -0.3 is 5.11 Å². The lowest BCUT2D eigenvalue weighted by Gasteiger charge is -2.09. The first-order valence-electron chi connectivity index (χ1n) is 5.47. The number of Topliss-reactive ketones (excluding diaryl/α,β-unsaturated/α-hetero) is 1. The van der Waals surface area contributed by atoms with Crippen molar-refractivity contribution < 1.29 is 14.7 Å². The smallest absolute Gasteiger partial charge is 0.304 e. The highest BCUT2D eigenvalue weighted by Gasteiger charge is 2.21. The molecule has 0 amide bonds. The van der Waals surface area contributed by atoms with Gasteiger partial charge in [0.25, 0.3) is 0 Å². The minimum atomic E-state index is -0.995. The lowest BCUT2D eigenvalue weighted by Crippen LogP contribution is -2.18. The largest absolute Gasteiger partial charge is 0.481 e. The van der Waals surface area contributed by atoms with Gasteiger partial charge in [0.2, 0.25) is 0 Å². The van der Waals surface area contributed by atoms with Gasteiger partial charge in [-0.05, 0) is 10.8 Å². The average Bonchev–Trinajstić information content (AvgIpc) is 2.36. The number of halogens is 1. The first-order chi connectivity index (χ1) is 8.59. The molecule has 0 aliphatic heterocycles. The molecule has 1 unspecified atom stereocenters. The second kappa shape index (κ2) is 5.31. The summed E-state index contributed by atoms with van der Waals surface area (Å²) in [5, 5.41) is 10.5. The molecule has 0 aromatic heterocycles. The molecule has 3 nitrogen and oxygen atoms in total. The Kier molecular flexibility index (Phi) is 3.77. The molecule has 0 fully saturated rings. The van der Waals surface area contributed by atoms with E-state index >= 15 is 0 Å². The highest BCUT2D eigenvalue weighted by atomic mass is 79.9. The zero-order chi connectivity index (χ0) is 13.1. The second-order valence-electron chi connectivity index (χ2n) is 3.96. The van der Waals surface area contributed by atoms with Crippen molar-refractivity contribution in [2.75, 3.05) is 0 Å². The van der Waals surface area contributed by atoms with Crippen molar-refractivity contribution in [3.8, 4) is 0 Å². The number of aliphatic carboxylic acids is 1. The van der Waals surface area contributed by atoms with Gasteiger partial charge in [0.1, 0.15) is 0 Å². The molecule has 1 atom stereocenters. The SMILES string of the molecule is O=C(O)CC(Br)C(=O)c1cccc2ccccc12. The summed E-state index contributed by atoms with van der Waals surface area (Å²) >= 11 is 3.14. The van der Waals surface area contributed by atoms with Crippen LogP contribution in [0.1, 0.15) is 16.8 Å². The normalized spacial score (nSPS) is 12.3. The third-order valence-electron chi connectivity index (χ3n) is 2.69. The number of ketones is 1. The Labute approximate surface area is 113 Å². The van der Waals surface area contributed by atoms with Gasteiger partial charge >= 0.3 is 5.97 Å². The number of carboxylic acids is 1. The zero-order valence-electron chi connectivity index (χ0n) is 9.47. The molecule has 0 heterocycles. The predicted octanol–water partition coefficient (Wildman–Crippen LogP) is 3.26. The van der Waals surface area contributed by atoms with E-state index in [1.165, 1.54) is 0 Å². The van der Waals surface area contributed by atoms with E-state index in [9.17, 15) is 9.59 Å². The van der Waals surface area contributed by atoms with E-state index in [1.807, 2.05) is 30.3 Å². The summed E-state index contributed by atoms with van der Waals surface area (Å²) in [7, 11) is 0. The number of carbonyl (C=O) groups is 2. The minimum absolute atomic E-state index is 0.200. The molecule has 0 radical (unpaired) electrons.